The van der Waals surface area contributed by atoms with Crippen molar-refractivity contribution >= 4 is 28.9 Å². The molecule has 0 aliphatic carbocycles. The Morgan fingerprint density at radius 3 is 2.26 bits per heavy atom. The molecule has 0 radical (unpaired) electrons. The lowest BCUT2D eigenvalue weighted by Crippen LogP contribution is -2.21. The summed E-state index contributed by atoms with van der Waals surface area (Å²) >= 11 is 0. The summed E-state index contributed by atoms with van der Waals surface area (Å²) in [6, 6.07) is 12.2. The minimum absolute atomic E-state index is 0.0112. The molecular weight excluding hydrogens is 350 g/mol. The molecule has 0 spiro atoms. The number of carbonyl (C=O) groups is 2. The third-order valence-corrected chi connectivity index (χ3v) is 3.67. The second-order valence-corrected chi connectivity index (χ2v) is 5.77. The minimum Gasteiger partial charge on any atom is -0.462 e. The zero-order valence-corrected chi connectivity index (χ0v) is 14.9. The average molecular weight is 371 g/mol. The SMILES string of the molecule is CCCCOC(=O)c1ccc(NCC(=O)Nc2ccc([N+](=O)[O-])cc2)cc1. The number of nitro groups is 1. The second-order valence-electron chi connectivity index (χ2n) is 5.77. The molecule has 142 valence electrons. The quantitative estimate of drug-likeness (QED) is 0.301. The average Bonchev–Trinajstić information content (AvgIpc) is 2.67. The fourth-order valence-electron chi connectivity index (χ4n) is 2.17. The van der Waals surface area contributed by atoms with Crippen LogP contribution in [0.3, 0.4) is 0 Å². The van der Waals surface area contributed by atoms with Crippen LogP contribution in [0.5, 0.6) is 0 Å². The maximum Gasteiger partial charge on any atom is 0.338 e. The van der Waals surface area contributed by atoms with Gasteiger partial charge < -0.3 is 15.4 Å². The molecule has 0 saturated heterocycles. The molecule has 0 saturated carbocycles. The van der Waals surface area contributed by atoms with Gasteiger partial charge in [0.15, 0.2) is 0 Å². The zero-order chi connectivity index (χ0) is 19.6. The fraction of sp³-hybridized carbons (Fsp3) is 0.263. The molecule has 1 amide bonds. The van der Waals surface area contributed by atoms with Crippen molar-refractivity contribution in [3.63, 3.8) is 0 Å². The number of nitrogens with zero attached hydrogens (tertiary/aromatic N) is 1. The molecule has 8 heteroatoms. The Bertz CT molecular complexity index is 788. The number of non-ortho nitro benzene ring substituents is 1. The van der Waals surface area contributed by atoms with E-state index in [0.29, 0.717) is 23.5 Å². The summed E-state index contributed by atoms with van der Waals surface area (Å²) in [6.45, 7) is 2.43. The van der Waals surface area contributed by atoms with Crippen LogP contribution in [0.1, 0.15) is 30.1 Å². The van der Waals surface area contributed by atoms with Gasteiger partial charge in [0.1, 0.15) is 0 Å². The van der Waals surface area contributed by atoms with E-state index in [0.717, 1.165) is 12.8 Å². The van der Waals surface area contributed by atoms with Gasteiger partial charge in [0.25, 0.3) is 5.69 Å². The molecule has 0 fully saturated rings. The van der Waals surface area contributed by atoms with Crippen LogP contribution in [0.15, 0.2) is 48.5 Å². The third kappa shape index (κ3) is 6.43. The molecule has 0 aromatic heterocycles. The number of anilines is 2. The zero-order valence-electron chi connectivity index (χ0n) is 14.9. The molecule has 2 aromatic carbocycles. The van der Waals surface area contributed by atoms with Crippen LogP contribution >= 0.6 is 0 Å². The Balaban J connectivity index is 1.80. The van der Waals surface area contributed by atoms with E-state index in [4.69, 9.17) is 4.74 Å². The highest BCUT2D eigenvalue weighted by Crippen LogP contribution is 2.15. The summed E-state index contributed by atoms with van der Waals surface area (Å²) in [5, 5.41) is 16.2. The first kappa shape index (κ1) is 19.9. The lowest BCUT2D eigenvalue weighted by atomic mass is 10.2. The third-order valence-electron chi connectivity index (χ3n) is 3.67. The first-order chi connectivity index (χ1) is 13.0. The maximum absolute atomic E-state index is 11.9. The molecule has 0 atom stereocenters. The van der Waals surface area contributed by atoms with Crippen LogP contribution in [0.4, 0.5) is 17.1 Å². The van der Waals surface area contributed by atoms with Crippen LogP contribution < -0.4 is 10.6 Å². The van der Waals surface area contributed by atoms with E-state index in [9.17, 15) is 19.7 Å². The van der Waals surface area contributed by atoms with E-state index in [-0.39, 0.29) is 24.1 Å². The molecule has 0 heterocycles. The number of nitro benzene ring substituents is 1. The van der Waals surface area contributed by atoms with Gasteiger partial charge in [0.05, 0.1) is 23.6 Å². The summed E-state index contributed by atoms with van der Waals surface area (Å²) in [6.07, 6.45) is 1.79. The van der Waals surface area contributed by atoms with Gasteiger partial charge in [-0.15, -0.1) is 0 Å². The predicted molar refractivity (Wildman–Crippen MR) is 102 cm³/mol. The number of hydrogen-bond acceptors (Lipinski definition) is 6. The van der Waals surface area contributed by atoms with Crippen molar-refractivity contribution in [2.45, 2.75) is 19.8 Å². The highest BCUT2D eigenvalue weighted by molar-refractivity contribution is 5.94. The smallest absolute Gasteiger partial charge is 0.338 e. The Labute approximate surface area is 156 Å². The number of rotatable bonds is 9. The number of nitrogens with one attached hydrogen (secondary N) is 2. The highest BCUT2D eigenvalue weighted by Gasteiger charge is 2.08. The van der Waals surface area contributed by atoms with E-state index >= 15 is 0 Å². The maximum atomic E-state index is 11.9. The van der Waals surface area contributed by atoms with Crippen molar-refractivity contribution in [2.24, 2.45) is 0 Å². The molecular formula is C19H21N3O5. The van der Waals surface area contributed by atoms with Crippen molar-refractivity contribution in [1.82, 2.24) is 0 Å². The van der Waals surface area contributed by atoms with Gasteiger partial charge in [-0.1, -0.05) is 13.3 Å². The Morgan fingerprint density at radius 2 is 1.67 bits per heavy atom. The van der Waals surface area contributed by atoms with Crippen molar-refractivity contribution in [3.8, 4) is 0 Å². The van der Waals surface area contributed by atoms with E-state index in [1.165, 1.54) is 24.3 Å². The Hall–Kier alpha value is -3.42. The highest BCUT2D eigenvalue weighted by atomic mass is 16.6. The lowest BCUT2D eigenvalue weighted by molar-refractivity contribution is -0.384. The van der Waals surface area contributed by atoms with Crippen molar-refractivity contribution < 1.29 is 19.2 Å². The van der Waals surface area contributed by atoms with Gasteiger partial charge in [0, 0.05) is 23.5 Å². The first-order valence-corrected chi connectivity index (χ1v) is 8.55. The van der Waals surface area contributed by atoms with E-state index in [1.807, 2.05) is 6.92 Å². The summed E-state index contributed by atoms with van der Waals surface area (Å²) in [7, 11) is 0. The summed E-state index contributed by atoms with van der Waals surface area (Å²) in [5.41, 5.74) is 1.56. The van der Waals surface area contributed by atoms with Crippen molar-refractivity contribution in [2.75, 3.05) is 23.8 Å². The predicted octanol–water partition coefficient (Wildman–Crippen LogP) is 3.60. The number of benzene rings is 2. The van der Waals surface area contributed by atoms with E-state index < -0.39 is 4.92 Å². The molecule has 0 bridgehead atoms. The van der Waals surface area contributed by atoms with Crippen molar-refractivity contribution in [1.29, 1.82) is 0 Å². The summed E-state index contributed by atoms with van der Waals surface area (Å²) < 4.78 is 5.13. The number of hydrogen-bond donors (Lipinski definition) is 2. The molecule has 2 aromatic rings. The second kappa shape index (κ2) is 9.91. The number of esters is 1. The van der Waals surface area contributed by atoms with E-state index in [2.05, 4.69) is 10.6 Å². The van der Waals surface area contributed by atoms with Crippen LogP contribution in [-0.2, 0) is 9.53 Å². The Morgan fingerprint density at radius 1 is 1.04 bits per heavy atom. The van der Waals surface area contributed by atoms with Gasteiger partial charge in [-0.2, -0.15) is 0 Å². The molecule has 2 rings (SSSR count). The van der Waals surface area contributed by atoms with Crippen LogP contribution in [0.2, 0.25) is 0 Å². The minimum atomic E-state index is -0.504. The molecule has 27 heavy (non-hydrogen) atoms. The summed E-state index contributed by atoms with van der Waals surface area (Å²) in [5.74, 6) is -0.669. The van der Waals surface area contributed by atoms with Crippen LogP contribution in [-0.4, -0.2) is 30.0 Å². The monoisotopic (exact) mass is 371 g/mol. The first-order valence-electron chi connectivity index (χ1n) is 8.55. The van der Waals surface area contributed by atoms with Crippen LogP contribution in [0, 0.1) is 10.1 Å². The largest absolute Gasteiger partial charge is 0.462 e. The molecule has 2 N–H and O–H groups in total. The van der Waals surface area contributed by atoms with Gasteiger partial charge >= 0.3 is 5.97 Å². The number of ether oxygens (including phenoxy) is 1. The standard InChI is InChI=1S/C19H21N3O5/c1-2-3-12-27-19(24)14-4-6-15(7-5-14)20-13-18(23)21-16-8-10-17(11-9-16)22(25)26/h4-11,20H,2-3,12-13H2,1H3,(H,21,23). The van der Waals surface area contributed by atoms with Gasteiger partial charge in [-0.25, -0.2) is 4.79 Å². The van der Waals surface area contributed by atoms with Gasteiger partial charge in [-0.05, 0) is 42.8 Å². The van der Waals surface area contributed by atoms with Crippen molar-refractivity contribution in [3.05, 3.63) is 64.2 Å². The normalized spacial score (nSPS) is 10.1. The molecule has 8 nitrogen and oxygen atoms in total. The van der Waals surface area contributed by atoms with Gasteiger partial charge in [-0.3, -0.25) is 14.9 Å². The number of amides is 1. The van der Waals surface area contributed by atoms with E-state index in [1.54, 1.807) is 24.3 Å². The number of carbonyl (C=O) groups excluding carboxylic acids is 2. The fourth-order valence-corrected chi connectivity index (χ4v) is 2.17. The number of unbranched alkanes of at least 4 members (excludes halogenated alkanes) is 1. The lowest BCUT2D eigenvalue weighted by Gasteiger charge is -2.09. The summed E-state index contributed by atoms with van der Waals surface area (Å²) in [4.78, 5) is 33.9. The topological polar surface area (TPSA) is 111 Å². The Kier molecular flexibility index (Phi) is 7.30. The molecule has 0 aliphatic rings. The van der Waals surface area contributed by atoms with Gasteiger partial charge in [0.2, 0.25) is 5.91 Å². The molecule has 0 aliphatic heterocycles. The molecule has 0 unspecified atom stereocenters. The van der Waals surface area contributed by atoms with Crippen LogP contribution in [0.25, 0.3) is 0 Å².